The third kappa shape index (κ3) is 3.83. The van der Waals surface area contributed by atoms with Crippen LogP contribution in [0.5, 0.6) is 0 Å². The zero-order valence-corrected chi connectivity index (χ0v) is 17.0. The Morgan fingerprint density at radius 3 is 2.71 bits per heavy atom. The van der Waals surface area contributed by atoms with Gasteiger partial charge in [0, 0.05) is 17.1 Å². The third-order valence-electron chi connectivity index (χ3n) is 4.69. The van der Waals surface area contributed by atoms with Crippen LogP contribution in [0.2, 0.25) is 0 Å². The molecule has 0 radical (unpaired) electrons. The Balaban J connectivity index is 1.63. The number of hydrogen-bond donors (Lipinski definition) is 3. The minimum Gasteiger partial charge on any atom is -0.480 e. The van der Waals surface area contributed by atoms with Crippen LogP contribution in [0.1, 0.15) is 28.2 Å². The lowest BCUT2D eigenvalue weighted by atomic mass is 10.1. The van der Waals surface area contributed by atoms with Crippen LogP contribution in [-0.4, -0.2) is 69.6 Å². The summed E-state index contributed by atoms with van der Waals surface area (Å²) in [4.78, 5) is 50.4. The molecular weight excluding hydrogens is 402 g/mol. The summed E-state index contributed by atoms with van der Waals surface area (Å²) in [6.07, 6.45) is 1.74. The van der Waals surface area contributed by atoms with E-state index in [1.807, 2.05) is 12.1 Å². The quantitative estimate of drug-likeness (QED) is 0.591. The van der Waals surface area contributed by atoms with Gasteiger partial charge in [-0.1, -0.05) is 18.2 Å². The van der Waals surface area contributed by atoms with E-state index in [2.05, 4.69) is 10.6 Å². The molecule has 150 valence electrons. The number of benzene rings is 1. The molecule has 3 amide bonds. The maximum absolute atomic E-state index is 12.7. The molecule has 1 saturated heterocycles. The number of hydrogen-bond acceptors (Lipinski definition) is 6. The Morgan fingerprint density at radius 1 is 1.32 bits per heavy atom. The number of carboxylic acids is 1. The van der Waals surface area contributed by atoms with Gasteiger partial charge in [-0.2, -0.15) is 11.8 Å². The smallest absolute Gasteiger partial charge is 0.327 e. The Hall–Kier alpha value is -2.20. The van der Waals surface area contributed by atoms with Crippen molar-refractivity contribution in [2.45, 2.75) is 30.4 Å². The van der Waals surface area contributed by atoms with Gasteiger partial charge in [-0.15, -0.1) is 11.8 Å². The van der Waals surface area contributed by atoms with Crippen molar-refractivity contribution in [3.05, 3.63) is 35.4 Å². The molecule has 0 saturated carbocycles. The Morgan fingerprint density at radius 2 is 2.04 bits per heavy atom. The van der Waals surface area contributed by atoms with Gasteiger partial charge in [0.15, 0.2) is 0 Å². The molecule has 2 aliphatic heterocycles. The first-order chi connectivity index (χ1) is 13.3. The molecule has 10 heteroatoms. The fraction of sp³-hybridized carbons (Fsp3) is 0.444. The average molecular weight is 424 g/mol. The van der Waals surface area contributed by atoms with Crippen LogP contribution in [0.25, 0.3) is 0 Å². The molecule has 2 aliphatic rings. The standard InChI is InChI=1S/C18H21N3O5S2/c1-9(14(22)20-12(7-27-2)18(25)26)19-15(23)13-8-28-17-11-6-4-3-5-10(11)16(24)21(13)17/h3-6,9,12-13,17H,7-8H2,1-2H3,(H,19,23)(H,20,22)(H,25,26). The van der Waals surface area contributed by atoms with Crippen LogP contribution >= 0.6 is 23.5 Å². The van der Waals surface area contributed by atoms with Crippen LogP contribution in [-0.2, 0) is 14.4 Å². The van der Waals surface area contributed by atoms with E-state index in [0.29, 0.717) is 11.3 Å². The minimum absolute atomic E-state index is 0.186. The molecule has 28 heavy (non-hydrogen) atoms. The summed E-state index contributed by atoms with van der Waals surface area (Å²) in [6.45, 7) is 1.49. The van der Waals surface area contributed by atoms with Crippen LogP contribution < -0.4 is 10.6 Å². The van der Waals surface area contributed by atoms with Gasteiger partial charge in [0.25, 0.3) is 5.91 Å². The summed E-state index contributed by atoms with van der Waals surface area (Å²) < 4.78 is 0. The molecule has 3 rings (SSSR count). The van der Waals surface area contributed by atoms with E-state index in [1.54, 1.807) is 23.3 Å². The number of rotatable bonds is 7. The molecule has 1 aromatic rings. The first-order valence-corrected chi connectivity index (χ1v) is 11.1. The molecule has 0 bridgehead atoms. The molecule has 2 heterocycles. The van der Waals surface area contributed by atoms with E-state index < -0.39 is 35.9 Å². The highest BCUT2D eigenvalue weighted by atomic mass is 32.2. The average Bonchev–Trinajstić information content (AvgIpc) is 3.22. The first-order valence-electron chi connectivity index (χ1n) is 8.70. The van der Waals surface area contributed by atoms with Gasteiger partial charge >= 0.3 is 5.97 Å². The number of nitrogens with one attached hydrogen (secondary N) is 2. The van der Waals surface area contributed by atoms with E-state index in [-0.39, 0.29) is 17.0 Å². The maximum atomic E-state index is 12.7. The minimum atomic E-state index is -1.13. The van der Waals surface area contributed by atoms with Crippen molar-refractivity contribution in [2.24, 2.45) is 0 Å². The van der Waals surface area contributed by atoms with Crippen molar-refractivity contribution in [1.82, 2.24) is 15.5 Å². The molecule has 4 unspecified atom stereocenters. The number of amides is 3. The van der Waals surface area contributed by atoms with Gasteiger partial charge in [0.2, 0.25) is 11.8 Å². The summed E-state index contributed by atoms with van der Waals surface area (Å²) in [7, 11) is 0. The maximum Gasteiger partial charge on any atom is 0.327 e. The second-order valence-corrected chi connectivity index (χ2v) is 8.61. The summed E-state index contributed by atoms with van der Waals surface area (Å²) in [6, 6.07) is 4.68. The summed E-state index contributed by atoms with van der Waals surface area (Å²) >= 11 is 2.82. The van der Waals surface area contributed by atoms with Gasteiger partial charge in [0.1, 0.15) is 23.5 Å². The van der Waals surface area contributed by atoms with Gasteiger partial charge in [-0.05, 0) is 24.8 Å². The first kappa shape index (κ1) is 20.5. The van der Waals surface area contributed by atoms with Crippen molar-refractivity contribution in [3.8, 4) is 0 Å². The second-order valence-electron chi connectivity index (χ2n) is 6.59. The predicted octanol–water partition coefficient (Wildman–Crippen LogP) is 0.694. The summed E-state index contributed by atoms with van der Waals surface area (Å²) in [5, 5.41) is 14.0. The number of aliphatic carboxylic acids is 1. The normalized spacial score (nSPS) is 22.2. The highest BCUT2D eigenvalue weighted by molar-refractivity contribution is 7.99. The third-order valence-corrected chi connectivity index (χ3v) is 6.67. The number of carbonyl (C=O) groups excluding carboxylic acids is 3. The van der Waals surface area contributed by atoms with Crippen molar-refractivity contribution < 1.29 is 24.3 Å². The Kier molecular flexibility index (Phi) is 6.19. The SMILES string of the molecule is CSCC(NC(=O)C(C)NC(=O)C1CSC2c3ccccc3C(=O)N12)C(=O)O. The van der Waals surface area contributed by atoms with Gasteiger partial charge in [0.05, 0.1) is 0 Å². The number of nitrogens with zero attached hydrogens (tertiary/aromatic N) is 1. The number of carboxylic acid groups (broad SMARTS) is 1. The number of fused-ring (bicyclic) bond motifs is 3. The lowest BCUT2D eigenvalue weighted by Gasteiger charge is -2.24. The lowest BCUT2D eigenvalue weighted by Crippen LogP contribution is -2.54. The van der Waals surface area contributed by atoms with Crippen LogP contribution in [0, 0.1) is 0 Å². The van der Waals surface area contributed by atoms with Crippen LogP contribution in [0.15, 0.2) is 24.3 Å². The zero-order valence-electron chi connectivity index (χ0n) is 15.4. The van der Waals surface area contributed by atoms with Gasteiger partial charge < -0.3 is 20.6 Å². The monoisotopic (exact) mass is 423 g/mol. The van der Waals surface area contributed by atoms with E-state index >= 15 is 0 Å². The van der Waals surface area contributed by atoms with Crippen LogP contribution in [0.4, 0.5) is 0 Å². The second kappa shape index (κ2) is 8.44. The van der Waals surface area contributed by atoms with Crippen molar-refractivity contribution in [2.75, 3.05) is 17.8 Å². The Labute approximate surface area is 170 Å². The fourth-order valence-electron chi connectivity index (χ4n) is 3.26. The molecule has 3 N–H and O–H groups in total. The van der Waals surface area contributed by atoms with Crippen molar-refractivity contribution in [1.29, 1.82) is 0 Å². The van der Waals surface area contributed by atoms with E-state index in [9.17, 15) is 19.2 Å². The van der Waals surface area contributed by atoms with Gasteiger partial charge in [-0.25, -0.2) is 4.79 Å². The predicted molar refractivity (Wildman–Crippen MR) is 107 cm³/mol. The largest absolute Gasteiger partial charge is 0.480 e. The van der Waals surface area contributed by atoms with Crippen molar-refractivity contribution >= 4 is 47.2 Å². The molecule has 1 aromatic carbocycles. The zero-order chi connectivity index (χ0) is 20.4. The van der Waals surface area contributed by atoms with E-state index in [0.717, 1.165) is 5.56 Å². The highest BCUT2D eigenvalue weighted by Gasteiger charge is 2.48. The molecule has 8 nitrogen and oxygen atoms in total. The fourth-order valence-corrected chi connectivity index (χ4v) is 5.28. The molecule has 0 aromatic heterocycles. The number of carbonyl (C=O) groups is 4. The highest BCUT2D eigenvalue weighted by Crippen LogP contribution is 2.48. The van der Waals surface area contributed by atoms with E-state index in [1.165, 1.54) is 30.4 Å². The summed E-state index contributed by atoms with van der Waals surface area (Å²) in [5.41, 5.74) is 1.50. The van der Waals surface area contributed by atoms with Crippen molar-refractivity contribution in [3.63, 3.8) is 0 Å². The molecular formula is C18H21N3O5S2. The topological polar surface area (TPSA) is 116 Å². The lowest BCUT2D eigenvalue weighted by molar-refractivity contribution is -0.141. The number of thioether (sulfide) groups is 2. The molecule has 0 spiro atoms. The summed E-state index contributed by atoms with van der Waals surface area (Å²) in [5.74, 6) is -1.65. The molecule has 0 aliphatic carbocycles. The Bertz CT molecular complexity index is 818. The molecule has 1 fully saturated rings. The van der Waals surface area contributed by atoms with Crippen LogP contribution in [0.3, 0.4) is 0 Å². The van der Waals surface area contributed by atoms with Gasteiger partial charge in [-0.3, -0.25) is 14.4 Å². The molecule has 4 atom stereocenters. The van der Waals surface area contributed by atoms with E-state index in [4.69, 9.17) is 5.11 Å².